The van der Waals surface area contributed by atoms with Crippen LogP contribution in [0.2, 0.25) is 0 Å². The van der Waals surface area contributed by atoms with Gasteiger partial charge in [0.1, 0.15) is 6.54 Å². The molecule has 1 saturated heterocycles. The maximum atomic E-state index is 12.2. The smallest absolute Gasteiger partial charge is 0.240 e. The van der Waals surface area contributed by atoms with E-state index in [0.717, 1.165) is 55.4 Å². The molecule has 140 valence electrons. The van der Waals surface area contributed by atoms with E-state index >= 15 is 0 Å². The number of sulfonamides is 1. The normalized spacial score (nSPS) is 15.8. The Morgan fingerprint density at radius 1 is 1.28 bits per heavy atom. The van der Waals surface area contributed by atoms with E-state index in [0.29, 0.717) is 12.2 Å². The summed E-state index contributed by atoms with van der Waals surface area (Å²) in [7, 11) is -3.53. The Morgan fingerprint density at radius 3 is 2.60 bits per heavy atom. The SMILES string of the molecule is Cc1ccccc1N(CC(=O)NCCCN1CCOCC1)S(C)(=O)=O. The lowest BCUT2D eigenvalue weighted by Gasteiger charge is -2.26. The van der Waals surface area contributed by atoms with Crippen molar-refractivity contribution in [3.05, 3.63) is 29.8 Å². The van der Waals surface area contributed by atoms with E-state index in [1.54, 1.807) is 12.1 Å². The summed E-state index contributed by atoms with van der Waals surface area (Å²) < 4.78 is 30.6. The van der Waals surface area contributed by atoms with Gasteiger partial charge in [-0.1, -0.05) is 18.2 Å². The first kappa shape index (κ1) is 19.7. The monoisotopic (exact) mass is 369 g/mol. The lowest BCUT2D eigenvalue weighted by atomic mass is 10.2. The van der Waals surface area contributed by atoms with Crippen LogP contribution >= 0.6 is 0 Å². The lowest BCUT2D eigenvalue weighted by Crippen LogP contribution is -2.42. The van der Waals surface area contributed by atoms with E-state index in [2.05, 4.69) is 10.2 Å². The van der Waals surface area contributed by atoms with Crippen molar-refractivity contribution in [1.29, 1.82) is 0 Å². The second kappa shape index (κ2) is 9.17. The summed E-state index contributed by atoms with van der Waals surface area (Å²) in [5, 5.41) is 2.81. The van der Waals surface area contributed by atoms with Crippen LogP contribution in [-0.4, -0.2) is 71.4 Å². The Kier molecular flexibility index (Phi) is 7.22. The van der Waals surface area contributed by atoms with Crippen LogP contribution in [0.15, 0.2) is 24.3 Å². The quantitative estimate of drug-likeness (QED) is 0.679. The van der Waals surface area contributed by atoms with Crippen molar-refractivity contribution in [2.24, 2.45) is 0 Å². The number of ether oxygens (including phenoxy) is 1. The van der Waals surface area contributed by atoms with Gasteiger partial charge in [0.25, 0.3) is 0 Å². The molecule has 0 spiro atoms. The predicted molar refractivity (Wildman–Crippen MR) is 98.3 cm³/mol. The number of aryl methyl sites for hydroxylation is 1. The van der Waals surface area contributed by atoms with E-state index < -0.39 is 10.0 Å². The molecular weight excluding hydrogens is 342 g/mol. The number of nitrogens with zero attached hydrogens (tertiary/aromatic N) is 2. The Hall–Kier alpha value is -1.64. The number of amides is 1. The molecule has 1 aromatic rings. The largest absolute Gasteiger partial charge is 0.379 e. The summed E-state index contributed by atoms with van der Waals surface area (Å²) >= 11 is 0. The second-order valence-corrected chi connectivity index (χ2v) is 8.12. The third-order valence-corrected chi connectivity index (χ3v) is 5.28. The maximum absolute atomic E-state index is 12.2. The zero-order valence-corrected chi connectivity index (χ0v) is 15.7. The predicted octanol–water partition coefficient (Wildman–Crippen LogP) is 0.600. The molecule has 0 saturated carbocycles. The Bertz CT molecular complexity index is 672. The minimum Gasteiger partial charge on any atom is -0.379 e. The number of morpholine rings is 1. The fraction of sp³-hybridized carbons (Fsp3) is 0.588. The fourth-order valence-electron chi connectivity index (χ4n) is 2.77. The van der Waals surface area contributed by atoms with E-state index in [1.165, 1.54) is 0 Å². The van der Waals surface area contributed by atoms with E-state index in [9.17, 15) is 13.2 Å². The number of rotatable bonds is 8. The number of para-hydroxylation sites is 1. The van der Waals surface area contributed by atoms with Crippen molar-refractivity contribution in [1.82, 2.24) is 10.2 Å². The molecule has 0 unspecified atom stereocenters. The van der Waals surface area contributed by atoms with Gasteiger partial charge in [-0.25, -0.2) is 8.42 Å². The van der Waals surface area contributed by atoms with Gasteiger partial charge in [-0.05, 0) is 31.5 Å². The van der Waals surface area contributed by atoms with Crippen molar-refractivity contribution < 1.29 is 17.9 Å². The van der Waals surface area contributed by atoms with Crippen molar-refractivity contribution in [2.75, 3.05) is 56.5 Å². The zero-order valence-electron chi connectivity index (χ0n) is 14.9. The molecule has 1 N–H and O–H groups in total. The van der Waals surface area contributed by atoms with Crippen LogP contribution in [-0.2, 0) is 19.6 Å². The summed E-state index contributed by atoms with van der Waals surface area (Å²) in [4.78, 5) is 14.5. The number of carbonyl (C=O) groups is 1. The van der Waals surface area contributed by atoms with Gasteiger partial charge in [-0.2, -0.15) is 0 Å². The van der Waals surface area contributed by atoms with Crippen LogP contribution in [0.25, 0.3) is 0 Å². The van der Waals surface area contributed by atoms with Gasteiger partial charge in [0.05, 0.1) is 25.2 Å². The van der Waals surface area contributed by atoms with Crippen LogP contribution < -0.4 is 9.62 Å². The van der Waals surface area contributed by atoms with Crippen LogP contribution in [0.5, 0.6) is 0 Å². The highest BCUT2D eigenvalue weighted by atomic mass is 32.2. The average Bonchev–Trinajstić information content (AvgIpc) is 2.57. The van der Waals surface area contributed by atoms with Crippen molar-refractivity contribution in [3.8, 4) is 0 Å². The van der Waals surface area contributed by atoms with Crippen LogP contribution in [0.3, 0.4) is 0 Å². The highest BCUT2D eigenvalue weighted by Gasteiger charge is 2.21. The van der Waals surface area contributed by atoms with Gasteiger partial charge < -0.3 is 10.1 Å². The Balaban J connectivity index is 1.84. The number of hydrogen-bond donors (Lipinski definition) is 1. The fourth-order valence-corrected chi connectivity index (χ4v) is 3.68. The number of nitrogens with one attached hydrogen (secondary N) is 1. The average molecular weight is 369 g/mol. The number of carbonyl (C=O) groups excluding carboxylic acids is 1. The number of anilines is 1. The van der Waals surface area contributed by atoms with Crippen molar-refractivity contribution >= 4 is 21.6 Å². The van der Waals surface area contributed by atoms with Gasteiger partial charge >= 0.3 is 0 Å². The molecule has 0 atom stereocenters. The molecule has 1 aliphatic heterocycles. The molecule has 0 aliphatic carbocycles. The molecular formula is C17H27N3O4S. The Morgan fingerprint density at radius 2 is 1.96 bits per heavy atom. The molecule has 0 bridgehead atoms. The summed E-state index contributed by atoms with van der Waals surface area (Å²) in [5.41, 5.74) is 1.35. The highest BCUT2D eigenvalue weighted by Crippen LogP contribution is 2.21. The van der Waals surface area contributed by atoms with Crippen molar-refractivity contribution in [2.45, 2.75) is 13.3 Å². The summed E-state index contributed by atoms with van der Waals surface area (Å²) in [6.07, 6.45) is 1.94. The standard InChI is InChI=1S/C17H27N3O4S/c1-15-6-3-4-7-16(15)20(25(2,22)23)14-17(21)18-8-5-9-19-10-12-24-13-11-19/h3-4,6-7H,5,8-14H2,1-2H3,(H,18,21). The second-order valence-electron chi connectivity index (χ2n) is 6.21. The third kappa shape index (κ3) is 6.30. The Labute approximate surface area is 150 Å². The van der Waals surface area contributed by atoms with Gasteiger partial charge in [-0.15, -0.1) is 0 Å². The summed E-state index contributed by atoms with van der Waals surface area (Å²) in [6.45, 7) is 6.40. The molecule has 1 amide bonds. The van der Waals surface area contributed by atoms with Crippen LogP contribution in [0, 0.1) is 6.92 Å². The molecule has 2 rings (SSSR count). The maximum Gasteiger partial charge on any atom is 0.240 e. The molecule has 1 aromatic carbocycles. The first-order valence-corrected chi connectivity index (χ1v) is 10.3. The van der Waals surface area contributed by atoms with Gasteiger partial charge in [-0.3, -0.25) is 14.0 Å². The van der Waals surface area contributed by atoms with Gasteiger partial charge in [0.2, 0.25) is 15.9 Å². The van der Waals surface area contributed by atoms with Crippen LogP contribution in [0.4, 0.5) is 5.69 Å². The molecule has 7 nitrogen and oxygen atoms in total. The summed E-state index contributed by atoms with van der Waals surface area (Å²) in [5.74, 6) is -0.296. The highest BCUT2D eigenvalue weighted by molar-refractivity contribution is 7.92. The minimum atomic E-state index is -3.53. The molecule has 8 heteroatoms. The third-order valence-electron chi connectivity index (χ3n) is 4.15. The number of hydrogen-bond acceptors (Lipinski definition) is 5. The molecule has 1 aliphatic rings. The van der Waals surface area contributed by atoms with E-state index in [4.69, 9.17) is 4.74 Å². The molecule has 1 fully saturated rings. The first-order valence-electron chi connectivity index (χ1n) is 8.48. The zero-order chi connectivity index (χ0) is 18.3. The topological polar surface area (TPSA) is 79.0 Å². The van der Waals surface area contributed by atoms with Gasteiger partial charge in [0.15, 0.2) is 0 Å². The molecule has 25 heavy (non-hydrogen) atoms. The summed E-state index contributed by atoms with van der Waals surface area (Å²) in [6, 6.07) is 7.14. The molecule has 1 heterocycles. The van der Waals surface area contributed by atoms with E-state index in [1.807, 2.05) is 19.1 Å². The molecule has 0 aromatic heterocycles. The first-order chi connectivity index (χ1) is 11.9. The number of benzene rings is 1. The van der Waals surface area contributed by atoms with Crippen LogP contribution in [0.1, 0.15) is 12.0 Å². The lowest BCUT2D eigenvalue weighted by molar-refractivity contribution is -0.119. The van der Waals surface area contributed by atoms with Gasteiger partial charge in [0, 0.05) is 19.6 Å². The minimum absolute atomic E-state index is 0.207. The van der Waals surface area contributed by atoms with Crippen molar-refractivity contribution in [3.63, 3.8) is 0 Å². The van der Waals surface area contributed by atoms with E-state index in [-0.39, 0.29) is 12.5 Å². The molecule has 0 radical (unpaired) electrons.